The predicted molar refractivity (Wildman–Crippen MR) is 259 cm³/mol. The molecular formula is C54H59BN2OSi. The Morgan fingerprint density at radius 3 is 1.92 bits per heavy atom. The maximum atomic E-state index is 9.75. The first kappa shape index (κ1) is 32.6. The number of fused-ring (bicyclic) bond motifs is 6. The second-order valence-electron chi connectivity index (χ2n) is 20.7. The largest absolute Gasteiger partial charge is 0.440 e. The molecule has 5 heteroatoms. The fourth-order valence-corrected chi connectivity index (χ4v) is 10.2. The van der Waals surface area contributed by atoms with Crippen LogP contribution in [0.15, 0.2) is 126 Å². The van der Waals surface area contributed by atoms with Gasteiger partial charge < -0.3 is 9.32 Å². The zero-order valence-corrected chi connectivity index (χ0v) is 37.7. The van der Waals surface area contributed by atoms with Crippen molar-refractivity contribution in [2.24, 2.45) is 0 Å². The van der Waals surface area contributed by atoms with E-state index in [0.29, 0.717) is 28.1 Å². The summed E-state index contributed by atoms with van der Waals surface area (Å²) in [5.41, 5.74) is 11.2. The van der Waals surface area contributed by atoms with Crippen molar-refractivity contribution in [2.45, 2.75) is 105 Å². The molecule has 1 aromatic heterocycles. The topological polar surface area (TPSA) is 19.6 Å². The third kappa shape index (κ3) is 6.48. The van der Waals surface area contributed by atoms with E-state index < -0.39 is 27.1 Å². The van der Waals surface area contributed by atoms with Gasteiger partial charge in [-0.15, -0.1) is 0 Å². The first-order valence-electron chi connectivity index (χ1n) is 24.0. The Balaban J connectivity index is 1.50. The Bertz CT molecular complexity index is 3060. The summed E-state index contributed by atoms with van der Waals surface area (Å²) in [7, 11) is -1.90. The monoisotopic (exact) mass is 796 g/mol. The molecule has 0 N–H and O–H groups in total. The minimum Gasteiger partial charge on any atom is -0.440 e. The van der Waals surface area contributed by atoms with Crippen molar-refractivity contribution >= 4 is 81.7 Å². The Kier molecular flexibility index (Phi) is 7.39. The Morgan fingerprint density at radius 2 is 1.29 bits per heavy atom. The number of anilines is 6. The zero-order chi connectivity index (χ0) is 47.1. The summed E-state index contributed by atoms with van der Waals surface area (Å²) in [5, 5.41) is 1.76. The van der Waals surface area contributed by atoms with Crippen LogP contribution in [0.1, 0.15) is 92.8 Å². The molecule has 9 rings (SSSR count). The van der Waals surface area contributed by atoms with Gasteiger partial charge in [-0.3, -0.25) is 4.90 Å². The molecule has 0 saturated carbocycles. The molecule has 0 bridgehead atoms. The summed E-state index contributed by atoms with van der Waals surface area (Å²) in [6.07, 6.45) is 0. The van der Waals surface area contributed by atoms with Gasteiger partial charge in [-0.2, -0.15) is 0 Å². The molecule has 7 aromatic rings. The van der Waals surface area contributed by atoms with Crippen molar-refractivity contribution in [3.05, 3.63) is 144 Å². The molecule has 0 atom stereocenters. The fraction of sp³-hybridized carbons (Fsp3) is 0.296. The van der Waals surface area contributed by atoms with Gasteiger partial charge in [0, 0.05) is 48.8 Å². The standard InChI is InChI=1S/C54H59BN2OSi/c1-34-30-46-49-47(31-34)57(44-29-24-37(53(5,6)7)32-41(44)35-18-15-14-16-19-35)51-48(40-20-17-21-42(50(40)58-51)54(8,9)10)55(49)43-28-27-39(59(11,12)13)33-45(43)56(46)38-25-22-36(23-26-38)52(2,3)4/h14-33H,1-13H3/i1D3,17D,20D,21D. The van der Waals surface area contributed by atoms with Crippen LogP contribution in [0.5, 0.6) is 0 Å². The van der Waals surface area contributed by atoms with E-state index >= 15 is 0 Å². The van der Waals surface area contributed by atoms with Crippen molar-refractivity contribution in [3.63, 3.8) is 0 Å². The minimum absolute atomic E-state index is 0.0243. The van der Waals surface area contributed by atoms with Gasteiger partial charge in [-0.05, 0) is 98.7 Å². The summed E-state index contributed by atoms with van der Waals surface area (Å²) >= 11 is 0. The number of nitrogens with zero attached hydrogens (tertiary/aromatic N) is 2. The maximum absolute atomic E-state index is 9.75. The molecule has 3 nitrogen and oxygen atoms in total. The van der Waals surface area contributed by atoms with Gasteiger partial charge in [0.25, 0.3) is 6.71 Å². The highest BCUT2D eigenvalue weighted by atomic mass is 28.3. The summed E-state index contributed by atoms with van der Waals surface area (Å²) in [6, 6.07) is 35.6. The highest BCUT2D eigenvalue weighted by Gasteiger charge is 2.47. The molecule has 0 unspecified atom stereocenters. The Morgan fingerprint density at radius 1 is 0.627 bits per heavy atom. The lowest BCUT2D eigenvalue weighted by Gasteiger charge is -2.43. The molecule has 2 aliphatic rings. The van der Waals surface area contributed by atoms with Crippen LogP contribution in [0.2, 0.25) is 19.6 Å². The van der Waals surface area contributed by atoms with Crippen LogP contribution in [-0.2, 0) is 16.2 Å². The molecule has 2 aliphatic heterocycles. The van der Waals surface area contributed by atoms with E-state index in [4.69, 9.17) is 8.53 Å². The van der Waals surface area contributed by atoms with Gasteiger partial charge in [0.1, 0.15) is 5.58 Å². The van der Waals surface area contributed by atoms with E-state index in [1.54, 1.807) is 0 Å². The van der Waals surface area contributed by atoms with Crippen LogP contribution in [0, 0.1) is 6.85 Å². The van der Waals surface area contributed by atoms with Crippen LogP contribution in [-0.4, -0.2) is 14.8 Å². The summed E-state index contributed by atoms with van der Waals surface area (Å²) in [5.74, 6) is 0.457. The average Bonchev–Trinajstić information content (AvgIpc) is 3.60. The molecule has 6 aromatic carbocycles. The van der Waals surface area contributed by atoms with Crippen LogP contribution in [0.4, 0.5) is 34.3 Å². The van der Waals surface area contributed by atoms with Crippen LogP contribution in [0.3, 0.4) is 0 Å². The highest BCUT2D eigenvalue weighted by molar-refractivity contribution is 7.01. The third-order valence-corrected chi connectivity index (χ3v) is 14.3. The molecule has 0 saturated heterocycles. The molecule has 0 radical (unpaired) electrons. The SMILES string of the molecule is [2H]c1c([2H])c([2H])c2c3c(oc2c1C(C)(C)C)N(c1ccc(C(C)(C)C)cc1-c1ccccc1)c1cc(C([2H])([2H])[2H])cc2c1B3c1ccc([Si](C)(C)C)cc1N2c1ccc(C(C)(C)C)cc1. The predicted octanol–water partition coefficient (Wildman–Crippen LogP) is 12.9. The highest BCUT2D eigenvalue weighted by Crippen LogP contribution is 2.49. The zero-order valence-electron chi connectivity index (χ0n) is 42.7. The van der Waals surface area contributed by atoms with Gasteiger partial charge in [-0.1, -0.05) is 166 Å². The normalized spacial score (nSPS) is 15.8. The molecule has 59 heavy (non-hydrogen) atoms. The second-order valence-corrected chi connectivity index (χ2v) is 25.8. The fourth-order valence-electron chi connectivity index (χ4n) is 9.01. The lowest BCUT2D eigenvalue weighted by molar-refractivity contribution is 0.562. The molecule has 0 aliphatic carbocycles. The van der Waals surface area contributed by atoms with Crippen molar-refractivity contribution < 1.29 is 12.6 Å². The molecular weight excluding hydrogens is 732 g/mol. The third-order valence-electron chi connectivity index (χ3n) is 12.3. The smallest absolute Gasteiger partial charge is 0.257 e. The lowest BCUT2D eigenvalue weighted by atomic mass is 9.33. The number of aryl methyl sites for hydroxylation is 1. The van der Waals surface area contributed by atoms with Crippen LogP contribution in [0.25, 0.3) is 22.1 Å². The van der Waals surface area contributed by atoms with E-state index in [1.165, 1.54) is 10.8 Å². The van der Waals surface area contributed by atoms with E-state index in [9.17, 15) is 4.11 Å². The summed E-state index contributed by atoms with van der Waals surface area (Å²) in [6.45, 7) is 23.3. The van der Waals surface area contributed by atoms with Crippen molar-refractivity contribution in [1.29, 1.82) is 0 Å². The maximum Gasteiger partial charge on any atom is 0.257 e. The number of para-hydroxylation sites is 1. The summed E-state index contributed by atoms with van der Waals surface area (Å²) < 4.78 is 62.7. The van der Waals surface area contributed by atoms with Gasteiger partial charge >= 0.3 is 0 Å². The first-order valence-corrected chi connectivity index (χ1v) is 24.5. The van der Waals surface area contributed by atoms with Gasteiger partial charge in [-0.25, -0.2) is 0 Å². The first-order chi connectivity index (χ1) is 30.2. The molecule has 0 amide bonds. The number of benzene rings is 6. The molecule has 0 spiro atoms. The Hall–Kier alpha value is -5.26. The lowest BCUT2D eigenvalue weighted by Crippen LogP contribution is -2.61. The second kappa shape index (κ2) is 13.4. The number of hydrogen-bond donors (Lipinski definition) is 0. The van der Waals surface area contributed by atoms with Crippen molar-refractivity contribution in [3.8, 4) is 11.1 Å². The minimum atomic E-state index is -2.48. The molecule has 3 heterocycles. The molecule has 0 fully saturated rings. The van der Waals surface area contributed by atoms with Crippen LogP contribution >= 0.6 is 0 Å². The molecule has 298 valence electrons. The number of rotatable bonds is 4. The van der Waals surface area contributed by atoms with E-state index in [2.05, 4.69) is 144 Å². The van der Waals surface area contributed by atoms with E-state index in [-0.39, 0.29) is 34.5 Å². The van der Waals surface area contributed by atoms with Crippen molar-refractivity contribution in [1.82, 2.24) is 0 Å². The van der Waals surface area contributed by atoms with Gasteiger partial charge in [0.05, 0.1) is 17.9 Å². The quantitative estimate of drug-likeness (QED) is 0.165. The van der Waals surface area contributed by atoms with Crippen LogP contribution < -0.4 is 31.4 Å². The van der Waals surface area contributed by atoms with E-state index in [1.807, 2.05) is 51.1 Å². The average molecular weight is 797 g/mol. The number of furan rings is 1. The van der Waals surface area contributed by atoms with Gasteiger partial charge in [0.2, 0.25) is 5.88 Å². The van der Waals surface area contributed by atoms with Crippen molar-refractivity contribution in [2.75, 3.05) is 9.80 Å². The van der Waals surface area contributed by atoms with Gasteiger partial charge in [0.15, 0.2) is 0 Å². The van der Waals surface area contributed by atoms with E-state index in [0.717, 1.165) is 55.8 Å². The Labute approximate surface area is 362 Å². The number of hydrogen-bond acceptors (Lipinski definition) is 3. The summed E-state index contributed by atoms with van der Waals surface area (Å²) in [4.78, 5) is 4.33.